The van der Waals surface area contributed by atoms with Crippen LogP contribution in [-0.4, -0.2) is 36.8 Å². The van der Waals surface area contributed by atoms with E-state index in [9.17, 15) is 9.59 Å². The fraction of sp³-hybridized carbons (Fsp3) is 0.158. The molecule has 1 aliphatic rings. The summed E-state index contributed by atoms with van der Waals surface area (Å²) in [6, 6.07) is 14.2. The zero-order valence-electron chi connectivity index (χ0n) is 14.7. The Kier molecular flexibility index (Phi) is 6.80. The Hall–Kier alpha value is -2.12. The highest BCUT2D eigenvalue weighted by molar-refractivity contribution is 6.67. The molecule has 1 unspecified atom stereocenters. The summed E-state index contributed by atoms with van der Waals surface area (Å²) in [4.78, 5) is 33.9. The minimum Gasteiger partial charge on any atom is -0.272 e. The molecule has 0 saturated heterocycles. The minimum absolute atomic E-state index is 0.107. The highest BCUT2D eigenvalue weighted by Crippen LogP contribution is 2.33. The third-order valence-corrected chi connectivity index (χ3v) is 4.60. The molecule has 150 valence electrons. The Bertz CT molecular complexity index is 959. The molecule has 0 radical (unpaired) electrons. The van der Waals surface area contributed by atoms with E-state index in [1.807, 2.05) is 6.07 Å². The number of pyridine rings is 1. The number of nitrogens with zero attached hydrogens (tertiary/aromatic N) is 3. The van der Waals surface area contributed by atoms with E-state index in [-0.39, 0.29) is 18.0 Å². The number of alkyl halides is 4. The summed E-state index contributed by atoms with van der Waals surface area (Å²) >= 11 is 23.1. The number of hydrazine groups is 1. The molecule has 29 heavy (non-hydrogen) atoms. The van der Waals surface area contributed by atoms with Crippen LogP contribution >= 0.6 is 46.4 Å². The van der Waals surface area contributed by atoms with Crippen LogP contribution in [0.3, 0.4) is 0 Å². The monoisotopic (exact) mass is 470 g/mol. The van der Waals surface area contributed by atoms with Crippen molar-refractivity contribution in [3.05, 3.63) is 71.7 Å². The zero-order chi connectivity index (χ0) is 21.0. The maximum Gasteiger partial charge on any atom is 0.297 e. The predicted molar refractivity (Wildman–Crippen MR) is 115 cm³/mol. The summed E-state index contributed by atoms with van der Waals surface area (Å²) in [6.45, 7) is 0. The van der Waals surface area contributed by atoms with Gasteiger partial charge in [0.15, 0.2) is 9.63 Å². The molecule has 2 heterocycles. The van der Waals surface area contributed by atoms with Crippen molar-refractivity contribution < 1.29 is 9.59 Å². The highest BCUT2D eigenvalue weighted by atomic mass is 35.6. The van der Waals surface area contributed by atoms with Crippen LogP contribution in [0.25, 0.3) is 6.08 Å². The topological polar surface area (TPSA) is 74.7 Å². The Morgan fingerprint density at radius 2 is 1.83 bits per heavy atom. The molecule has 10 heteroatoms. The fourth-order valence-corrected chi connectivity index (χ4v) is 3.46. The summed E-state index contributed by atoms with van der Waals surface area (Å²) in [5.41, 5.74) is 3.74. The minimum atomic E-state index is -1.71. The molecule has 0 bridgehead atoms. The van der Waals surface area contributed by atoms with Gasteiger partial charge in [-0.15, -0.1) is 11.6 Å². The summed E-state index contributed by atoms with van der Waals surface area (Å²) in [6.07, 6.45) is 2.89. The van der Waals surface area contributed by atoms with Gasteiger partial charge in [-0.05, 0) is 18.2 Å². The largest absolute Gasteiger partial charge is 0.297 e. The first-order valence-electron chi connectivity index (χ1n) is 8.37. The molecule has 1 atom stereocenters. The lowest BCUT2D eigenvalue weighted by Gasteiger charge is -2.22. The van der Waals surface area contributed by atoms with E-state index in [0.29, 0.717) is 11.3 Å². The van der Waals surface area contributed by atoms with Gasteiger partial charge in [-0.25, -0.2) is 4.99 Å². The summed E-state index contributed by atoms with van der Waals surface area (Å²) in [5, 5.41) is -0.142. The molecule has 1 aromatic heterocycles. The third kappa shape index (κ3) is 5.70. The highest BCUT2D eigenvalue weighted by Gasteiger charge is 2.35. The van der Waals surface area contributed by atoms with Crippen LogP contribution in [0.4, 0.5) is 0 Å². The molecule has 2 amide bonds. The van der Waals surface area contributed by atoms with Crippen LogP contribution < -0.4 is 5.43 Å². The van der Waals surface area contributed by atoms with Gasteiger partial charge in [-0.2, -0.15) is 5.01 Å². The smallest absolute Gasteiger partial charge is 0.272 e. The predicted octanol–water partition coefficient (Wildman–Crippen LogP) is 4.11. The lowest BCUT2D eigenvalue weighted by molar-refractivity contribution is -0.133. The molecule has 1 aliphatic heterocycles. The lowest BCUT2D eigenvalue weighted by Crippen LogP contribution is -2.50. The summed E-state index contributed by atoms with van der Waals surface area (Å²) in [7, 11) is 0. The van der Waals surface area contributed by atoms with Crippen molar-refractivity contribution in [1.82, 2.24) is 15.4 Å². The molecule has 0 saturated carbocycles. The van der Waals surface area contributed by atoms with Crippen molar-refractivity contribution in [2.24, 2.45) is 4.99 Å². The van der Waals surface area contributed by atoms with Gasteiger partial charge in [0.05, 0.1) is 5.69 Å². The number of carbonyl (C=O) groups excluding carboxylic acids is 2. The van der Waals surface area contributed by atoms with Gasteiger partial charge in [0.2, 0.25) is 0 Å². The second-order valence-corrected chi connectivity index (χ2v) is 9.03. The first kappa shape index (κ1) is 21.6. The number of aromatic nitrogens is 1. The average molecular weight is 472 g/mol. The van der Waals surface area contributed by atoms with Gasteiger partial charge in [-0.3, -0.25) is 20.0 Å². The molecule has 0 aliphatic carbocycles. The number of rotatable bonds is 5. The van der Waals surface area contributed by atoms with Gasteiger partial charge < -0.3 is 0 Å². The van der Waals surface area contributed by atoms with E-state index < -0.39 is 21.0 Å². The number of nitrogens with one attached hydrogen (secondary N) is 1. The van der Waals surface area contributed by atoms with E-state index in [1.165, 1.54) is 6.08 Å². The van der Waals surface area contributed by atoms with E-state index in [2.05, 4.69) is 15.4 Å². The molecular formula is C19H14Cl4N4O2. The molecule has 0 fully saturated rings. The molecular weight excluding hydrogens is 458 g/mol. The SMILES string of the molecule is O=C(NN1C(=O)C(=Cc2ccccn2)N=C1c1ccccc1)C(Cl)CC(Cl)(Cl)Cl. The maximum absolute atomic E-state index is 12.9. The van der Waals surface area contributed by atoms with Gasteiger partial charge in [0, 0.05) is 18.2 Å². The first-order valence-corrected chi connectivity index (χ1v) is 9.94. The van der Waals surface area contributed by atoms with Gasteiger partial charge in [0.25, 0.3) is 11.8 Å². The van der Waals surface area contributed by atoms with E-state index in [4.69, 9.17) is 46.4 Å². The molecule has 6 nitrogen and oxygen atoms in total. The number of amidine groups is 1. The van der Waals surface area contributed by atoms with Crippen LogP contribution in [0.2, 0.25) is 0 Å². The number of aliphatic imine (C=N–C) groups is 1. The van der Waals surface area contributed by atoms with Crippen LogP contribution in [0, 0.1) is 0 Å². The lowest BCUT2D eigenvalue weighted by atomic mass is 10.2. The fourth-order valence-electron chi connectivity index (χ4n) is 2.48. The van der Waals surface area contributed by atoms with Gasteiger partial charge in [0.1, 0.15) is 11.1 Å². The van der Waals surface area contributed by atoms with Crippen molar-refractivity contribution in [3.63, 3.8) is 0 Å². The van der Waals surface area contributed by atoms with Gasteiger partial charge >= 0.3 is 0 Å². The van der Waals surface area contributed by atoms with E-state index >= 15 is 0 Å². The average Bonchev–Trinajstić information content (AvgIpc) is 2.98. The number of carbonyl (C=O) groups is 2. The van der Waals surface area contributed by atoms with Crippen LogP contribution in [0.1, 0.15) is 17.7 Å². The van der Waals surface area contributed by atoms with Crippen molar-refractivity contribution in [2.45, 2.75) is 15.6 Å². The Morgan fingerprint density at radius 3 is 2.45 bits per heavy atom. The van der Waals surface area contributed by atoms with Crippen molar-refractivity contribution in [1.29, 1.82) is 0 Å². The van der Waals surface area contributed by atoms with Crippen molar-refractivity contribution in [2.75, 3.05) is 0 Å². The van der Waals surface area contributed by atoms with E-state index in [0.717, 1.165) is 5.01 Å². The zero-order valence-corrected chi connectivity index (χ0v) is 17.8. The number of amides is 2. The Morgan fingerprint density at radius 1 is 1.14 bits per heavy atom. The second-order valence-electron chi connectivity index (χ2n) is 5.99. The van der Waals surface area contributed by atoms with Crippen LogP contribution in [-0.2, 0) is 9.59 Å². The Balaban J connectivity index is 1.90. The molecule has 0 spiro atoms. The van der Waals surface area contributed by atoms with Crippen LogP contribution in [0.15, 0.2) is 65.4 Å². The normalized spacial score (nSPS) is 16.7. The number of benzene rings is 1. The second kappa shape index (κ2) is 9.13. The quantitative estimate of drug-likeness (QED) is 0.526. The molecule has 3 rings (SSSR count). The van der Waals surface area contributed by atoms with Crippen LogP contribution in [0.5, 0.6) is 0 Å². The Labute approximate surface area is 187 Å². The molecule has 1 aromatic carbocycles. The first-order chi connectivity index (χ1) is 13.7. The van der Waals surface area contributed by atoms with E-state index in [1.54, 1.807) is 48.7 Å². The number of halogens is 4. The molecule has 1 N–H and O–H groups in total. The maximum atomic E-state index is 12.9. The number of hydrogen-bond acceptors (Lipinski definition) is 4. The van der Waals surface area contributed by atoms with Crippen molar-refractivity contribution >= 4 is 70.1 Å². The number of hydrogen-bond donors (Lipinski definition) is 1. The summed E-state index contributed by atoms with van der Waals surface area (Å²) in [5.74, 6) is -1.00. The summed E-state index contributed by atoms with van der Waals surface area (Å²) < 4.78 is -1.71. The van der Waals surface area contributed by atoms with Crippen molar-refractivity contribution in [3.8, 4) is 0 Å². The van der Waals surface area contributed by atoms with Gasteiger partial charge in [-0.1, -0.05) is 71.2 Å². The molecule has 2 aromatic rings. The standard InChI is InChI=1S/C19H14Cl4N4O2/c20-14(11-19(21,22)23)17(28)26-27-16(12-6-2-1-3-7-12)25-15(18(27)29)10-13-8-4-5-9-24-13/h1-10,14H,11H2,(H,26,28). The third-order valence-electron chi connectivity index (χ3n) is 3.78.